The lowest BCUT2D eigenvalue weighted by molar-refractivity contribution is 0.0432. The van der Waals surface area contributed by atoms with Crippen LogP contribution < -0.4 is 5.73 Å². The monoisotopic (exact) mass is 479 g/mol. The number of aromatic nitrogens is 4. The highest BCUT2D eigenvalue weighted by Crippen LogP contribution is 2.35. The number of nitrogens with two attached hydrogens (primary N) is 1. The van der Waals surface area contributed by atoms with Crippen molar-refractivity contribution in [3.8, 4) is 22.7 Å². The topological polar surface area (TPSA) is 130 Å². The first-order valence-corrected chi connectivity index (χ1v) is 9.81. The van der Waals surface area contributed by atoms with Crippen molar-refractivity contribution in [2.24, 2.45) is 0 Å². The predicted octanol–water partition coefficient (Wildman–Crippen LogP) is 4.99. The molecule has 2 N–H and O–H groups in total. The van der Waals surface area contributed by atoms with Gasteiger partial charge in [-0.1, -0.05) is 70.3 Å². The Bertz CT molecular complexity index is 1270. The molecular weight excluding hydrogens is 469 g/mol. The van der Waals surface area contributed by atoms with Gasteiger partial charge in [-0.3, -0.25) is 0 Å². The maximum atomic E-state index is 12.3. The van der Waals surface area contributed by atoms with Crippen LogP contribution in [0, 0.1) is 6.92 Å². The molecule has 0 aliphatic heterocycles. The maximum absolute atomic E-state index is 12.3. The van der Waals surface area contributed by atoms with E-state index in [1.165, 1.54) is 0 Å². The fourth-order valence-electron chi connectivity index (χ4n) is 2.69. The Morgan fingerprint density at radius 1 is 1.13 bits per heavy atom. The van der Waals surface area contributed by atoms with Crippen LogP contribution in [0.5, 0.6) is 0 Å². The summed E-state index contributed by atoms with van der Waals surface area (Å²) in [5, 5.41) is 11.6. The highest BCUT2D eigenvalue weighted by Gasteiger charge is 2.24. The molecule has 0 atom stereocenters. The van der Waals surface area contributed by atoms with Crippen molar-refractivity contribution in [2.75, 3.05) is 5.73 Å². The molecule has 0 bridgehead atoms. The molecule has 31 heavy (non-hydrogen) atoms. The van der Waals surface area contributed by atoms with Gasteiger partial charge in [0.15, 0.2) is 17.5 Å². The second-order valence-corrected chi connectivity index (χ2v) is 7.31. The lowest BCUT2D eigenvalue weighted by atomic mass is 10.1. The molecule has 12 heteroatoms. The molecule has 0 amide bonds. The molecule has 0 radical (unpaired) electrons. The van der Waals surface area contributed by atoms with E-state index in [2.05, 4.69) is 20.3 Å². The van der Waals surface area contributed by atoms with Crippen molar-refractivity contribution in [1.82, 2.24) is 20.3 Å². The third kappa shape index (κ3) is 4.07. The van der Waals surface area contributed by atoms with E-state index in [0.717, 1.165) is 5.56 Å². The molecule has 0 unspecified atom stereocenters. The smallest absolute Gasteiger partial charge is 0.359 e. The average molecular weight is 481 g/mol. The molecule has 3 heterocycles. The first-order valence-electron chi connectivity index (χ1n) is 8.68. The van der Waals surface area contributed by atoms with Gasteiger partial charge in [-0.25, -0.2) is 9.78 Å². The summed E-state index contributed by atoms with van der Waals surface area (Å²) in [6, 6.07) is 9.38. The third-order valence-corrected chi connectivity index (χ3v) is 5.32. The second kappa shape index (κ2) is 8.54. The summed E-state index contributed by atoms with van der Waals surface area (Å²) in [7, 11) is 0. The predicted molar refractivity (Wildman–Crippen MR) is 113 cm³/mol. The standard InChI is InChI=1S/C19H12Cl3N5O4/c1-8-11(15(27-31-8)9-5-3-2-4-6-9)18-26-25-10(30-18)7-29-19(28)16-12(20)14(23)13(21)17(22)24-16/h2-6H,7H2,1H3,(H2,23,24). The van der Waals surface area contributed by atoms with Crippen LogP contribution in [0.15, 0.2) is 39.3 Å². The van der Waals surface area contributed by atoms with Gasteiger partial charge in [-0.15, -0.1) is 10.2 Å². The zero-order valence-electron chi connectivity index (χ0n) is 15.7. The molecule has 0 saturated heterocycles. The number of pyridine rings is 1. The minimum atomic E-state index is -0.888. The van der Waals surface area contributed by atoms with Crippen molar-refractivity contribution in [2.45, 2.75) is 13.5 Å². The number of carbonyl (C=O) groups excluding carboxylic acids is 1. The van der Waals surface area contributed by atoms with Gasteiger partial charge in [0.25, 0.3) is 11.8 Å². The minimum absolute atomic E-state index is 0.0344. The second-order valence-electron chi connectivity index (χ2n) is 6.20. The molecular formula is C19H12Cl3N5O4. The van der Waals surface area contributed by atoms with Crippen LogP contribution in [-0.2, 0) is 11.3 Å². The highest BCUT2D eigenvalue weighted by molar-refractivity contribution is 6.46. The van der Waals surface area contributed by atoms with Gasteiger partial charge >= 0.3 is 5.97 Å². The van der Waals surface area contributed by atoms with E-state index in [9.17, 15) is 4.79 Å². The molecule has 0 saturated carbocycles. The zero-order valence-corrected chi connectivity index (χ0v) is 18.0. The van der Waals surface area contributed by atoms with Gasteiger partial charge in [-0.2, -0.15) is 0 Å². The molecule has 0 aliphatic rings. The molecule has 4 aromatic rings. The molecule has 158 valence electrons. The molecule has 0 aliphatic carbocycles. The van der Waals surface area contributed by atoms with Crippen LogP contribution in [0.4, 0.5) is 5.69 Å². The fraction of sp³-hybridized carbons (Fsp3) is 0.105. The molecule has 9 nitrogen and oxygen atoms in total. The van der Waals surface area contributed by atoms with Crippen molar-refractivity contribution in [3.63, 3.8) is 0 Å². The van der Waals surface area contributed by atoms with Crippen molar-refractivity contribution < 1.29 is 18.5 Å². The number of hydrogen-bond donors (Lipinski definition) is 1. The van der Waals surface area contributed by atoms with E-state index < -0.39 is 5.97 Å². The summed E-state index contributed by atoms with van der Waals surface area (Å²) in [5.74, 6) is -0.194. The van der Waals surface area contributed by atoms with Crippen LogP contribution in [0.25, 0.3) is 22.7 Å². The Morgan fingerprint density at radius 2 is 1.87 bits per heavy atom. The number of anilines is 1. The van der Waals surface area contributed by atoms with Gasteiger partial charge in [0.1, 0.15) is 22.0 Å². The number of rotatable bonds is 5. The number of ether oxygens (including phenoxy) is 1. The van der Waals surface area contributed by atoms with Crippen molar-refractivity contribution in [1.29, 1.82) is 0 Å². The average Bonchev–Trinajstić information content (AvgIpc) is 3.39. The largest absolute Gasteiger partial charge is 0.451 e. The molecule has 4 rings (SSSR count). The Hall–Kier alpha value is -3.14. The van der Waals surface area contributed by atoms with E-state index in [1.807, 2.05) is 30.3 Å². The van der Waals surface area contributed by atoms with E-state index >= 15 is 0 Å². The van der Waals surface area contributed by atoms with Crippen molar-refractivity contribution in [3.05, 3.63) is 62.9 Å². The summed E-state index contributed by atoms with van der Waals surface area (Å²) >= 11 is 17.7. The van der Waals surface area contributed by atoms with Gasteiger partial charge in [-0.05, 0) is 6.92 Å². The number of nitrogens with zero attached hydrogens (tertiary/aromatic N) is 4. The molecule has 0 spiro atoms. The number of nitrogen functional groups attached to an aromatic ring is 1. The quantitative estimate of drug-likeness (QED) is 0.310. The molecule has 3 aromatic heterocycles. The van der Waals surface area contributed by atoms with Gasteiger partial charge in [0, 0.05) is 5.56 Å². The van der Waals surface area contributed by atoms with Gasteiger partial charge in [0.05, 0.1) is 10.7 Å². The summed E-state index contributed by atoms with van der Waals surface area (Å²) in [5.41, 5.74) is 7.26. The first-order chi connectivity index (χ1) is 14.9. The number of hydrogen-bond acceptors (Lipinski definition) is 9. The van der Waals surface area contributed by atoms with Crippen LogP contribution >= 0.6 is 34.8 Å². The van der Waals surface area contributed by atoms with Crippen LogP contribution in [0.3, 0.4) is 0 Å². The Labute approximate surface area is 190 Å². The molecule has 1 aromatic carbocycles. The van der Waals surface area contributed by atoms with E-state index in [4.69, 9.17) is 54.2 Å². The van der Waals surface area contributed by atoms with Crippen LogP contribution in [0.2, 0.25) is 15.2 Å². The summed E-state index contributed by atoms with van der Waals surface area (Å²) in [6.07, 6.45) is 0. The Morgan fingerprint density at radius 3 is 2.61 bits per heavy atom. The lowest BCUT2D eigenvalue weighted by Crippen LogP contribution is -2.10. The van der Waals surface area contributed by atoms with E-state index in [1.54, 1.807) is 6.92 Å². The fourth-order valence-corrected chi connectivity index (χ4v) is 3.28. The number of halogens is 3. The van der Waals surface area contributed by atoms with Gasteiger partial charge in [0.2, 0.25) is 0 Å². The third-order valence-electron chi connectivity index (χ3n) is 4.18. The number of esters is 1. The maximum Gasteiger partial charge on any atom is 0.359 e. The summed E-state index contributed by atoms with van der Waals surface area (Å²) in [6.45, 7) is 1.38. The van der Waals surface area contributed by atoms with E-state index in [0.29, 0.717) is 17.0 Å². The lowest BCUT2D eigenvalue weighted by Gasteiger charge is -2.08. The summed E-state index contributed by atoms with van der Waals surface area (Å²) in [4.78, 5) is 16.1. The Kier molecular flexibility index (Phi) is 5.81. The normalized spacial score (nSPS) is 11.0. The summed E-state index contributed by atoms with van der Waals surface area (Å²) < 4.78 is 16.1. The highest BCUT2D eigenvalue weighted by atomic mass is 35.5. The zero-order chi connectivity index (χ0) is 22.1. The first kappa shape index (κ1) is 21.1. The number of aryl methyl sites for hydroxylation is 1. The van der Waals surface area contributed by atoms with Crippen LogP contribution in [-0.4, -0.2) is 26.3 Å². The van der Waals surface area contributed by atoms with Gasteiger partial charge < -0.3 is 19.4 Å². The minimum Gasteiger partial charge on any atom is -0.451 e. The molecule has 0 fully saturated rings. The number of carbonyl (C=O) groups is 1. The van der Waals surface area contributed by atoms with Crippen LogP contribution in [0.1, 0.15) is 22.1 Å². The van der Waals surface area contributed by atoms with E-state index in [-0.39, 0.29) is 45.0 Å². The van der Waals surface area contributed by atoms with Crippen molar-refractivity contribution >= 4 is 46.5 Å². The number of benzene rings is 1. The SMILES string of the molecule is Cc1onc(-c2ccccc2)c1-c1nnc(COC(=O)c2nc(Cl)c(Cl)c(N)c2Cl)o1. The Balaban J connectivity index is 1.54.